The van der Waals surface area contributed by atoms with Crippen molar-refractivity contribution in [2.75, 3.05) is 0 Å². The van der Waals surface area contributed by atoms with E-state index in [1.54, 1.807) is 6.08 Å². The smallest absolute Gasteiger partial charge is 0.321 e. The number of hydrogen-bond acceptors (Lipinski definition) is 3. The Bertz CT molecular complexity index is 440. The second-order valence-corrected chi connectivity index (χ2v) is 5.81. The van der Waals surface area contributed by atoms with Gasteiger partial charge in [0.15, 0.2) is 0 Å². The maximum Gasteiger partial charge on any atom is 0.321 e. The van der Waals surface area contributed by atoms with Crippen LogP contribution in [0.25, 0.3) is 0 Å². The number of allylic oxidation sites excluding steroid dienone is 3. The molecule has 90 valence electrons. The van der Waals surface area contributed by atoms with Crippen molar-refractivity contribution in [3.05, 3.63) is 23.3 Å². The fourth-order valence-corrected chi connectivity index (χ4v) is 2.75. The van der Waals surface area contributed by atoms with E-state index >= 15 is 0 Å². The molecule has 1 rings (SSSR count). The Morgan fingerprint density at radius 3 is 2.75 bits per heavy atom. The summed E-state index contributed by atoms with van der Waals surface area (Å²) in [5, 5.41) is 8.32. The molecular weight excluding hydrogens is 254 g/mol. The molecule has 0 saturated carbocycles. The third-order valence-corrected chi connectivity index (χ3v) is 4.23. The molecule has 5 nitrogen and oxygen atoms in total. The van der Waals surface area contributed by atoms with Gasteiger partial charge < -0.3 is 5.11 Å². The standard InChI is InChI=1S/C9H12ClNO4S/c1-6(9(12)13)11-16(14,15)8-4-2-7(10)3-5-8/h2-4,6,8,11H,5H2,1H3,(H,12,13)/t6?,8-/m1/s1. The van der Waals surface area contributed by atoms with Gasteiger partial charge in [0.2, 0.25) is 10.0 Å². The molecule has 0 aromatic heterocycles. The van der Waals surface area contributed by atoms with Crippen molar-refractivity contribution < 1.29 is 18.3 Å². The van der Waals surface area contributed by atoms with Crippen LogP contribution in [-0.4, -0.2) is 30.8 Å². The van der Waals surface area contributed by atoms with Crippen molar-refractivity contribution >= 4 is 27.6 Å². The zero-order valence-electron chi connectivity index (χ0n) is 8.55. The van der Waals surface area contributed by atoms with Crippen LogP contribution in [0.3, 0.4) is 0 Å². The van der Waals surface area contributed by atoms with Gasteiger partial charge in [-0.2, -0.15) is 0 Å². The second-order valence-electron chi connectivity index (χ2n) is 3.45. The summed E-state index contributed by atoms with van der Waals surface area (Å²) in [5.74, 6) is -1.21. The number of carboxylic acid groups (broad SMARTS) is 1. The quantitative estimate of drug-likeness (QED) is 0.789. The van der Waals surface area contributed by atoms with E-state index in [2.05, 4.69) is 4.72 Å². The Morgan fingerprint density at radius 2 is 2.31 bits per heavy atom. The van der Waals surface area contributed by atoms with Gasteiger partial charge >= 0.3 is 5.97 Å². The predicted octanol–water partition coefficient (Wildman–Crippen LogP) is 0.830. The first kappa shape index (κ1) is 13.2. The van der Waals surface area contributed by atoms with Crippen LogP contribution in [0.15, 0.2) is 23.3 Å². The van der Waals surface area contributed by atoms with E-state index in [0.717, 1.165) is 0 Å². The molecule has 1 aliphatic carbocycles. The van der Waals surface area contributed by atoms with Gasteiger partial charge in [-0.25, -0.2) is 13.1 Å². The van der Waals surface area contributed by atoms with Gasteiger partial charge in [-0.3, -0.25) is 4.79 Å². The predicted molar refractivity (Wildman–Crippen MR) is 60.6 cm³/mol. The molecule has 2 N–H and O–H groups in total. The van der Waals surface area contributed by atoms with Gasteiger partial charge in [0.05, 0.1) is 5.25 Å². The lowest BCUT2D eigenvalue weighted by Crippen LogP contribution is -2.43. The number of halogens is 1. The lowest BCUT2D eigenvalue weighted by molar-refractivity contribution is -0.138. The van der Waals surface area contributed by atoms with Gasteiger partial charge in [0, 0.05) is 5.03 Å². The average molecular weight is 266 g/mol. The minimum Gasteiger partial charge on any atom is -0.480 e. The molecule has 0 fully saturated rings. The first-order chi connectivity index (χ1) is 7.33. The minimum absolute atomic E-state index is 0.247. The van der Waals surface area contributed by atoms with E-state index in [0.29, 0.717) is 5.03 Å². The Labute approximate surface area is 98.8 Å². The normalized spacial score (nSPS) is 22.6. The Balaban J connectivity index is 2.73. The molecule has 1 unspecified atom stereocenters. The van der Waals surface area contributed by atoms with E-state index < -0.39 is 27.3 Å². The van der Waals surface area contributed by atoms with Crippen LogP contribution in [0.1, 0.15) is 13.3 Å². The number of aliphatic carboxylic acids is 1. The maximum absolute atomic E-state index is 11.7. The van der Waals surface area contributed by atoms with Crippen molar-refractivity contribution in [2.24, 2.45) is 0 Å². The van der Waals surface area contributed by atoms with Crippen LogP contribution in [-0.2, 0) is 14.8 Å². The largest absolute Gasteiger partial charge is 0.480 e. The monoisotopic (exact) mass is 265 g/mol. The third kappa shape index (κ3) is 3.33. The number of nitrogens with one attached hydrogen (secondary N) is 1. The van der Waals surface area contributed by atoms with E-state index in [1.165, 1.54) is 19.1 Å². The first-order valence-corrected chi connectivity index (χ1v) is 6.53. The summed E-state index contributed by atoms with van der Waals surface area (Å²) < 4.78 is 25.5. The van der Waals surface area contributed by atoms with Crippen molar-refractivity contribution in [3.63, 3.8) is 0 Å². The van der Waals surface area contributed by atoms with Crippen molar-refractivity contribution in [1.29, 1.82) is 0 Å². The highest BCUT2D eigenvalue weighted by atomic mass is 35.5. The molecule has 0 aromatic carbocycles. The molecular formula is C9H12ClNO4S. The van der Waals surface area contributed by atoms with E-state index in [-0.39, 0.29) is 6.42 Å². The zero-order valence-corrected chi connectivity index (χ0v) is 10.1. The number of carboxylic acids is 1. The topological polar surface area (TPSA) is 83.5 Å². The van der Waals surface area contributed by atoms with Crippen LogP contribution >= 0.6 is 11.6 Å². The SMILES string of the molecule is CC(NS(=O)(=O)[C@@H]1C=CC(Cl)=CC1)C(=O)O. The van der Waals surface area contributed by atoms with Gasteiger partial charge in [-0.1, -0.05) is 23.8 Å². The summed E-state index contributed by atoms with van der Waals surface area (Å²) in [6, 6.07) is -1.14. The molecule has 0 aliphatic heterocycles. The lowest BCUT2D eigenvalue weighted by atomic mass is 10.2. The number of sulfonamides is 1. The van der Waals surface area contributed by atoms with Crippen molar-refractivity contribution in [2.45, 2.75) is 24.6 Å². The van der Waals surface area contributed by atoms with Crippen LogP contribution in [0, 0.1) is 0 Å². The molecule has 0 heterocycles. The summed E-state index contributed by atoms with van der Waals surface area (Å²) in [6.45, 7) is 1.27. The second kappa shape index (κ2) is 4.99. The van der Waals surface area contributed by atoms with Gasteiger partial charge in [-0.05, 0) is 19.4 Å². The molecule has 0 amide bonds. The maximum atomic E-state index is 11.7. The lowest BCUT2D eigenvalue weighted by Gasteiger charge is -2.17. The van der Waals surface area contributed by atoms with Crippen LogP contribution in [0.5, 0.6) is 0 Å². The highest BCUT2D eigenvalue weighted by Crippen LogP contribution is 2.18. The Kier molecular flexibility index (Phi) is 4.12. The van der Waals surface area contributed by atoms with E-state index in [1.807, 2.05) is 0 Å². The number of rotatable bonds is 4. The minimum atomic E-state index is -3.67. The average Bonchev–Trinajstić information content (AvgIpc) is 2.17. The Hall–Kier alpha value is -0.850. The summed E-state index contributed by atoms with van der Waals surface area (Å²) >= 11 is 5.65. The molecule has 1 aliphatic rings. The van der Waals surface area contributed by atoms with Crippen LogP contribution < -0.4 is 4.72 Å². The fraction of sp³-hybridized carbons (Fsp3) is 0.444. The summed E-state index contributed by atoms with van der Waals surface area (Å²) in [7, 11) is -3.67. The van der Waals surface area contributed by atoms with Crippen LogP contribution in [0.4, 0.5) is 0 Å². The van der Waals surface area contributed by atoms with E-state index in [9.17, 15) is 13.2 Å². The molecule has 0 aromatic rings. The summed E-state index contributed by atoms with van der Waals surface area (Å²) in [4.78, 5) is 10.5. The highest BCUT2D eigenvalue weighted by molar-refractivity contribution is 7.90. The molecule has 2 atom stereocenters. The van der Waals surface area contributed by atoms with Gasteiger partial charge in [-0.15, -0.1) is 0 Å². The zero-order chi connectivity index (χ0) is 12.3. The van der Waals surface area contributed by atoms with Gasteiger partial charge in [0.25, 0.3) is 0 Å². The molecule has 0 spiro atoms. The summed E-state index contributed by atoms with van der Waals surface area (Å²) in [6.07, 6.45) is 4.76. The molecule has 7 heteroatoms. The third-order valence-electron chi connectivity index (χ3n) is 2.13. The molecule has 0 radical (unpaired) electrons. The van der Waals surface area contributed by atoms with E-state index in [4.69, 9.17) is 16.7 Å². The summed E-state index contributed by atoms with van der Waals surface area (Å²) in [5.41, 5.74) is 0. The number of hydrogen-bond donors (Lipinski definition) is 2. The number of carbonyl (C=O) groups is 1. The molecule has 16 heavy (non-hydrogen) atoms. The fourth-order valence-electron chi connectivity index (χ4n) is 1.19. The Morgan fingerprint density at radius 1 is 1.69 bits per heavy atom. The molecule has 0 bridgehead atoms. The molecule has 0 saturated heterocycles. The van der Waals surface area contributed by atoms with Crippen molar-refractivity contribution in [1.82, 2.24) is 4.72 Å². The van der Waals surface area contributed by atoms with Crippen molar-refractivity contribution in [3.8, 4) is 0 Å². The van der Waals surface area contributed by atoms with Gasteiger partial charge in [0.1, 0.15) is 6.04 Å². The highest BCUT2D eigenvalue weighted by Gasteiger charge is 2.27. The first-order valence-electron chi connectivity index (χ1n) is 4.61. The van der Waals surface area contributed by atoms with Crippen LogP contribution in [0.2, 0.25) is 0 Å².